The Balaban J connectivity index is 1.95. The van der Waals surface area contributed by atoms with Crippen molar-refractivity contribution in [3.63, 3.8) is 0 Å². The molecule has 3 aliphatic rings. The third-order valence-corrected chi connectivity index (χ3v) is 4.56. The van der Waals surface area contributed by atoms with Crippen LogP contribution in [0.4, 0.5) is 0 Å². The molecule has 0 aromatic heterocycles. The third kappa shape index (κ3) is 1.45. The van der Waals surface area contributed by atoms with Crippen molar-refractivity contribution in [3.8, 4) is 0 Å². The van der Waals surface area contributed by atoms with Crippen LogP contribution in [0.3, 0.4) is 0 Å². The van der Waals surface area contributed by atoms with Gasteiger partial charge in [-0.2, -0.15) is 0 Å². The zero-order chi connectivity index (χ0) is 13.1. The summed E-state index contributed by atoms with van der Waals surface area (Å²) in [5.74, 6) is 0. The topological polar surface area (TPSA) is 123 Å². The van der Waals surface area contributed by atoms with E-state index in [1.54, 1.807) is 0 Å². The Kier molecular flexibility index (Phi) is 2.64. The Labute approximate surface area is 106 Å². The molecule has 6 heteroatoms. The molecule has 2 aliphatic heterocycles. The predicted molar refractivity (Wildman–Crippen MR) is 66.5 cm³/mol. The van der Waals surface area contributed by atoms with Crippen molar-refractivity contribution in [1.82, 2.24) is 0 Å². The van der Waals surface area contributed by atoms with Crippen molar-refractivity contribution in [2.45, 2.75) is 44.2 Å². The van der Waals surface area contributed by atoms with E-state index in [-0.39, 0.29) is 11.6 Å². The summed E-state index contributed by atoms with van der Waals surface area (Å²) in [5.41, 5.74) is 26.5. The first-order chi connectivity index (χ1) is 8.45. The lowest BCUT2D eigenvalue weighted by Gasteiger charge is -2.37. The lowest BCUT2D eigenvalue weighted by molar-refractivity contribution is 0.0127. The fourth-order valence-electron chi connectivity index (χ4n) is 3.34. The summed E-state index contributed by atoms with van der Waals surface area (Å²) in [6.45, 7) is 4.06. The van der Waals surface area contributed by atoms with Gasteiger partial charge < -0.3 is 32.4 Å². The van der Waals surface area contributed by atoms with Gasteiger partial charge in [-0.25, -0.2) is 0 Å². The lowest BCUT2D eigenvalue weighted by atomic mass is 9.67. The summed E-state index contributed by atoms with van der Waals surface area (Å²) in [5, 5.41) is 0. The molecule has 3 rings (SSSR count). The van der Waals surface area contributed by atoms with Crippen molar-refractivity contribution in [2.24, 2.45) is 28.3 Å². The molecular formula is C12H20N4O2. The van der Waals surface area contributed by atoms with E-state index in [9.17, 15) is 0 Å². The van der Waals surface area contributed by atoms with Gasteiger partial charge in [0, 0.05) is 5.41 Å². The van der Waals surface area contributed by atoms with Gasteiger partial charge in [0.15, 0.2) is 0 Å². The molecule has 100 valence electrons. The molecule has 0 saturated carbocycles. The van der Waals surface area contributed by atoms with E-state index in [4.69, 9.17) is 32.4 Å². The Morgan fingerprint density at radius 2 is 1.67 bits per heavy atom. The Morgan fingerprint density at radius 1 is 1.00 bits per heavy atom. The molecule has 8 N–H and O–H groups in total. The van der Waals surface area contributed by atoms with Crippen LogP contribution in [0, 0.1) is 5.41 Å². The monoisotopic (exact) mass is 252 g/mol. The van der Waals surface area contributed by atoms with Gasteiger partial charge in [0.2, 0.25) is 0 Å². The molecule has 0 bridgehead atoms. The molecule has 5 atom stereocenters. The first kappa shape index (κ1) is 12.3. The van der Waals surface area contributed by atoms with Crippen molar-refractivity contribution in [1.29, 1.82) is 0 Å². The Morgan fingerprint density at radius 3 is 2.28 bits per heavy atom. The molecule has 1 aliphatic carbocycles. The molecular weight excluding hydrogens is 232 g/mol. The first-order valence-corrected chi connectivity index (χ1v) is 6.20. The van der Waals surface area contributed by atoms with Gasteiger partial charge in [0.1, 0.15) is 24.9 Å². The second-order valence-corrected chi connectivity index (χ2v) is 5.36. The fourth-order valence-corrected chi connectivity index (χ4v) is 3.34. The number of hydrogen-bond donors (Lipinski definition) is 4. The average molecular weight is 252 g/mol. The van der Waals surface area contributed by atoms with Gasteiger partial charge in [-0.15, -0.1) is 0 Å². The van der Waals surface area contributed by atoms with Crippen molar-refractivity contribution in [2.75, 3.05) is 0 Å². The van der Waals surface area contributed by atoms with E-state index in [1.165, 1.54) is 0 Å². The summed E-state index contributed by atoms with van der Waals surface area (Å²) in [6, 6.07) is 0. The summed E-state index contributed by atoms with van der Waals surface area (Å²) in [6.07, 6.45) is 0.588. The second-order valence-electron chi connectivity index (χ2n) is 5.36. The summed E-state index contributed by atoms with van der Waals surface area (Å²) in [7, 11) is 0. The highest BCUT2D eigenvalue weighted by atomic mass is 16.5. The molecule has 0 amide bonds. The van der Waals surface area contributed by atoms with Crippen molar-refractivity contribution >= 4 is 0 Å². The van der Waals surface area contributed by atoms with Gasteiger partial charge in [0.25, 0.3) is 0 Å². The smallest absolute Gasteiger partial charge is 0.130 e. The van der Waals surface area contributed by atoms with Gasteiger partial charge in [-0.3, -0.25) is 0 Å². The predicted octanol–water partition coefficient (Wildman–Crippen LogP) is -0.791. The number of hydrogen-bond acceptors (Lipinski definition) is 6. The fraction of sp³-hybridized carbons (Fsp3) is 0.667. The van der Waals surface area contributed by atoms with Crippen LogP contribution in [0.2, 0.25) is 0 Å². The van der Waals surface area contributed by atoms with Crippen LogP contribution in [-0.4, -0.2) is 24.9 Å². The maximum atomic E-state index is 6.09. The van der Waals surface area contributed by atoms with Gasteiger partial charge in [-0.05, 0) is 36.0 Å². The number of rotatable bonds is 0. The lowest BCUT2D eigenvalue weighted by Crippen LogP contribution is -2.42. The number of nitrogens with two attached hydrogens (primary N) is 4. The molecule has 1 saturated heterocycles. The third-order valence-electron chi connectivity index (χ3n) is 4.56. The van der Waals surface area contributed by atoms with E-state index in [1.807, 2.05) is 0 Å². The maximum Gasteiger partial charge on any atom is 0.130 e. The quantitative estimate of drug-likeness (QED) is 0.419. The molecule has 18 heavy (non-hydrogen) atoms. The molecule has 0 radical (unpaired) electrons. The van der Waals surface area contributed by atoms with Crippen LogP contribution < -0.4 is 22.9 Å². The molecule has 1 fully saturated rings. The molecule has 2 heterocycles. The zero-order valence-electron chi connectivity index (χ0n) is 10.3. The van der Waals surface area contributed by atoms with Crippen LogP contribution >= 0.6 is 0 Å². The molecule has 0 unspecified atom stereocenters. The second kappa shape index (κ2) is 3.86. The minimum Gasteiger partial charge on any atom is -0.341 e. The highest BCUT2D eigenvalue weighted by Gasteiger charge is 2.53. The summed E-state index contributed by atoms with van der Waals surface area (Å²) in [4.78, 5) is 0. The highest BCUT2D eigenvalue weighted by Crippen LogP contribution is 2.53. The minimum absolute atomic E-state index is 0.316. The van der Waals surface area contributed by atoms with Crippen LogP contribution in [0.1, 0.15) is 19.3 Å². The highest BCUT2D eigenvalue weighted by molar-refractivity contribution is 5.36. The summed E-state index contributed by atoms with van der Waals surface area (Å²) < 4.78 is 10.9. The summed E-state index contributed by atoms with van der Waals surface area (Å²) >= 11 is 0. The SMILES string of the molecule is C=C1[C@@H](N)O[C@@H](N)[C@]12CCC1=C(C2)[C@@H](N)O[C@H]1N. The van der Waals surface area contributed by atoms with E-state index >= 15 is 0 Å². The van der Waals surface area contributed by atoms with Crippen LogP contribution in [0.5, 0.6) is 0 Å². The first-order valence-electron chi connectivity index (χ1n) is 6.20. The average Bonchev–Trinajstić information content (AvgIpc) is 2.72. The van der Waals surface area contributed by atoms with Crippen LogP contribution in [-0.2, 0) is 9.47 Å². The minimum atomic E-state index is -0.491. The van der Waals surface area contributed by atoms with Crippen LogP contribution in [0.25, 0.3) is 0 Å². The van der Waals surface area contributed by atoms with Crippen molar-refractivity contribution in [3.05, 3.63) is 23.3 Å². The van der Waals surface area contributed by atoms with E-state index < -0.39 is 18.7 Å². The maximum absolute atomic E-state index is 6.09. The molecule has 0 aromatic carbocycles. The van der Waals surface area contributed by atoms with Gasteiger partial charge >= 0.3 is 0 Å². The van der Waals surface area contributed by atoms with Crippen molar-refractivity contribution < 1.29 is 9.47 Å². The zero-order valence-corrected chi connectivity index (χ0v) is 10.3. The molecule has 6 nitrogen and oxygen atoms in total. The van der Waals surface area contributed by atoms with E-state index in [0.29, 0.717) is 6.42 Å². The number of ether oxygens (including phenoxy) is 2. The standard InChI is InChI=1S/C12H20N4O2/c1-5-8(13)18-11(16)12(5)3-2-6-7(4-12)10(15)17-9(6)14/h8-11H,1-4,13-16H2/t8-,9+,10-,11+,12-/m0/s1. The Hall–Kier alpha value is -0.760. The van der Waals surface area contributed by atoms with Gasteiger partial charge in [0.05, 0.1) is 0 Å². The molecule has 1 spiro atoms. The van der Waals surface area contributed by atoms with Crippen LogP contribution in [0.15, 0.2) is 23.3 Å². The largest absolute Gasteiger partial charge is 0.341 e. The Bertz CT molecular complexity index is 436. The van der Waals surface area contributed by atoms with E-state index in [2.05, 4.69) is 6.58 Å². The van der Waals surface area contributed by atoms with E-state index in [0.717, 1.165) is 29.6 Å². The normalized spacial score (nSPS) is 48.1. The van der Waals surface area contributed by atoms with Gasteiger partial charge in [-0.1, -0.05) is 6.58 Å². The molecule has 0 aromatic rings.